The van der Waals surface area contributed by atoms with Crippen LogP contribution in [0.3, 0.4) is 0 Å². The zero-order valence-electron chi connectivity index (χ0n) is 10.6. The molecule has 0 unspecified atom stereocenters. The molecule has 0 saturated carbocycles. The maximum absolute atomic E-state index is 12.5. The SMILES string of the molecule is NC[C@@H]1CCCN1S(=O)(=O)c1ccc(C(F)(F)F)cc1. The summed E-state index contributed by atoms with van der Waals surface area (Å²) in [6.07, 6.45) is -3.09. The normalized spacial score (nSPS) is 21.3. The van der Waals surface area contributed by atoms with Crippen molar-refractivity contribution in [2.75, 3.05) is 13.1 Å². The second-order valence-corrected chi connectivity index (χ2v) is 6.56. The van der Waals surface area contributed by atoms with Crippen molar-refractivity contribution in [3.05, 3.63) is 29.8 Å². The van der Waals surface area contributed by atoms with Crippen LogP contribution in [0.15, 0.2) is 29.2 Å². The fraction of sp³-hybridized carbons (Fsp3) is 0.500. The summed E-state index contributed by atoms with van der Waals surface area (Å²) in [5.74, 6) is 0. The number of benzene rings is 1. The second kappa shape index (κ2) is 5.34. The third-order valence-electron chi connectivity index (χ3n) is 3.38. The summed E-state index contributed by atoms with van der Waals surface area (Å²) in [4.78, 5) is -0.133. The number of sulfonamides is 1. The fourth-order valence-corrected chi connectivity index (χ4v) is 4.02. The van der Waals surface area contributed by atoms with E-state index in [1.165, 1.54) is 4.31 Å². The van der Waals surface area contributed by atoms with Gasteiger partial charge in [-0.2, -0.15) is 17.5 Å². The summed E-state index contributed by atoms with van der Waals surface area (Å²) in [7, 11) is -3.78. The van der Waals surface area contributed by atoms with Crippen LogP contribution in [-0.2, 0) is 16.2 Å². The van der Waals surface area contributed by atoms with Gasteiger partial charge in [0.1, 0.15) is 0 Å². The molecule has 0 amide bonds. The molecule has 0 bridgehead atoms. The Morgan fingerprint density at radius 3 is 2.35 bits per heavy atom. The molecule has 1 aromatic carbocycles. The molecular formula is C12H15F3N2O2S. The number of halogens is 3. The second-order valence-electron chi connectivity index (χ2n) is 4.67. The number of nitrogens with two attached hydrogens (primary N) is 1. The predicted molar refractivity (Wildman–Crippen MR) is 67.4 cm³/mol. The molecule has 20 heavy (non-hydrogen) atoms. The van der Waals surface area contributed by atoms with Crippen LogP contribution in [-0.4, -0.2) is 31.9 Å². The van der Waals surface area contributed by atoms with Crippen molar-refractivity contribution in [2.24, 2.45) is 5.73 Å². The number of hydrogen-bond donors (Lipinski definition) is 1. The lowest BCUT2D eigenvalue weighted by Crippen LogP contribution is -2.39. The third kappa shape index (κ3) is 2.82. The average molecular weight is 308 g/mol. The first kappa shape index (κ1) is 15.3. The van der Waals surface area contributed by atoms with E-state index < -0.39 is 21.8 Å². The van der Waals surface area contributed by atoms with Crippen molar-refractivity contribution in [3.63, 3.8) is 0 Å². The highest BCUT2D eigenvalue weighted by atomic mass is 32.2. The summed E-state index contributed by atoms with van der Waals surface area (Å²) in [5, 5.41) is 0. The molecule has 0 radical (unpaired) electrons. The zero-order chi connectivity index (χ0) is 15.0. The summed E-state index contributed by atoms with van der Waals surface area (Å²) >= 11 is 0. The molecule has 1 fully saturated rings. The quantitative estimate of drug-likeness (QED) is 0.926. The Balaban J connectivity index is 2.31. The van der Waals surface area contributed by atoms with Gasteiger partial charge in [0.05, 0.1) is 10.5 Å². The van der Waals surface area contributed by atoms with E-state index in [0.29, 0.717) is 19.4 Å². The Hall–Kier alpha value is -1.12. The van der Waals surface area contributed by atoms with Gasteiger partial charge in [0, 0.05) is 19.1 Å². The highest BCUT2D eigenvalue weighted by molar-refractivity contribution is 7.89. The van der Waals surface area contributed by atoms with Gasteiger partial charge in [-0.05, 0) is 37.1 Å². The minimum atomic E-state index is -4.48. The molecule has 1 atom stereocenters. The van der Waals surface area contributed by atoms with Gasteiger partial charge in [0.2, 0.25) is 10.0 Å². The van der Waals surface area contributed by atoms with Gasteiger partial charge >= 0.3 is 6.18 Å². The highest BCUT2D eigenvalue weighted by Gasteiger charge is 2.35. The summed E-state index contributed by atoms with van der Waals surface area (Å²) in [6.45, 7) is 0.561. The molecular weight excluding hydrogens is 293 g/mol. The maximum atomic E-state index is 12.5. The topological polar surface area (TPSA) is 63.4 Å². The van der Waals surface area contributed by atoms with Crippen LogP contribution in [0.5, 0.6) is 0 Å². The van der Waals surface area contributed by atoms with Crippen LogP contribution in [0.2, 0.25) is 0 Å². The van der Waals surface area contributed by atoms with E-state index in [-0.39, 0.29) is 17.5 Å². The largest absolute Gasteiger partial charge is 0.416 e. The lowest BCUT2D eigenvalue weighted by Gasteiger charge is -2.23. The molecule has 0 aromatic heterocycles. The molecule has 112 valence electrons. The zero-order valence-corrected chi connectivity index (χ0v) is 11.4. The van der Waals surface area contributed by atoms with E-state index in [4.69, 9.17) is 5.73 Å². The van der Waals surface area contributed by atoms with Gasteiger partial charge in [-0.3, -0.25) is 0 Å². The number of nitrogens with zero attached hydrogens (tertiary/aromatic N) is 1. The van der Waals surface area contributed by atoms with Crippen molar-refractivity contribution in [1.29, 1.82) is 0 Å². The van der Waals surface area contributed by atoms with Crippen LogP contribution in [0.4, 0.5) is 13.2 Å². The van der Waals surface area contributed by atoms with E-state index in [9.17, 15) is 21.6 Å². The minimum absolute atomic E-state index is 0.133. The van der Waals surface area contributed by atoms with Crippen molar-refractivity contribution >= 4 is 10.0 Å². The first-order valence-corrected chi connectivity index (χ1v) is 7.60. The smallest absolute Gasteiger partial charge is 0.329 e. The molecule has 2 rings (SSSR count). The van der Waals surface area contributed by atoms with Gasteiger partial charge in [0.15, 0.2) is 0 Å². The molecule has 1 aliphatic rings. The van der Waals surface area contributed by atoms with E-state index >= 15 is 0 Å². The lowest BCUT2D eigenvalue weighted by molar-refractivity contribution is -0.137. The summed E-state index contributed by atoms with van der Waals surface area (Å²) in [6, 6.07) is 3.26. The summed E-state index contributed by atoms with van der Waals surface area (Å²) < 4.78 is 63.4. The Kier molecular flexibility index (Phi) is 4.08. The van der Waals surface area contributed by atoms with Crippen LogP contribution in [0.25, 0.3) is 0 Å². The molecule has 0 aliphatic carbocycles. The van der Waals surface area contributed by atoms with Gasteiger partial charge in [-0.15, -0.1) is 0 Å². The lowest BCUT2D eigenvalue weighted by atomic mass is 10.2. The van der Waals surface area contributed by atoms with Gasteiger partial charge in [0.25, 0.3) is 0 Å². The molecule has 1 aliphatic heterocycles. The van der Waals surface area contributed by atoms with Crippen LogP contribution >= 0.6 is 0 Å². The predicted octanol–water partition coefficient (Wildman–Crippen LogP) is 1.82. The molecule has 1 aromatic rings. The average Bonchev–Trinajstić information content (AvgIpc) is 2.87. The van der Waals surface area contributed by atoms with Crippen LogP contribution in [0, 0.1) is 0 Å². The Morgan fingerprint density at radius 2 is 1.85 bits per heavy atom. The maximum Gasteiger partial charge on any atom is 0.416 e. The number of alkyl halides is 3. The summed E-state index contributed by atoms with van der Waals surface area (Å²) in [5.41, 5.74) is 4.66. The van der Waals surface area contributed by atoms with E-state index in [0.717, 1.165) is 24.3 Å². The standard InChI is InChI=1S/C12H15F3N2O2S/c13-12(14,15)9-3-5-11(6-4-9)20(18,19)17-7-1-2-10(17)8-16/h3-6,10H,1-2,7-8,16H2/t10-/m0/s1. The Labute approximate surface area is 115 Å². The van der Waals surface area contributed by atoms with Crippen molar-refractivity contribution in [3.8, 4) is 0 Å². The van der Waals surface area contributed by atoms with Crippen molar-refractivity contribution in [2.45, 2.75) is 30.0 Å². The first-order valence-electron chi connectivity index (χ1n) is 6.16. The van der Waals surface area contributed by atoms with Gasteiger partial charge in [-0.25, -0.2) is 8.42 Å². The Bertz CT molecular complexity index is 569. The molecule has 2 N–H and O–H groups in total. The van der Waals surface area contributed by atoms with E-state index in [1.54, 1.807) is 0 Å². The van der Waals surface area contributed by atoms with Crippen LogP contribution in [0.1, 0.15) is 18.4 Å². The van der Waals surface area contributed by atoms with Gasteiger partial charge in [-0.1, -0.05) is 0 Å². The monoisotopic (exact) mass is 308 g/mol. The number of hydrogen-bond acceptors (Lipinski definition) is 3. The number of rotatable bonds is 3. The minimum Gasteiger partial charge on any atom is -0.329 e. The first-order chi connectivity index (χ1) is 9.26. The Morgan fingerprint density at radius 1 is 1.25 bits per heavy atom. The van der Waals surface area contributed by atoms with Crippen molar-refractivity contribution in [1.82, 2.24) is 4.31 Å². The molecule has 8 heteroatoms. The van der Waals surface area contributed by atoms with Crippen LogP contribution < -0.4 is 5.73 Å². The molecule has 1 heterocycles. The van der Waals surface area contributed by atoms with Crippen molar-refractivity contribution < 1.29 is 21.6 Å². The highest BCUT2D eigenvalue weighted by Crippen LogP contribution is 2.31. The molecule has 1 saturated heterocycles. The van der Waals surface area contributed by atoms with E-state index in [2.05, 4.69) is 0 Å². The van der Waals surface area contributed by atoms with Gasteiger partial charge < -0.3 is 5.73 Å². The fourth-order valence-electron chi connectivity index (χ4n) is 2.31. The van der Waals surface area contributed by atoms with E-state index in [1.807, 2.05) is 0 Å². The third-order valence-corrected chi connectivity index (χ3v) is 5.35. The molecule has 0 spiro atoms. The molecule has 4 nitrogen and oxygen atoms in total.